The summed E-state index contributed by atoms with van der Waals surface area (Å²) in [7, 11) is 8.10. The van der Waals surface area contributed by atoms with Crippen LogP contribution in [0.25, 0.3) is 11.3 Å². The van der Waals surface area contributed by atoms with Gasteiger partial charge in [0.15, 0.2) is 5.96 Å². The normalized spacial score (nSPS) is 12.9. The van der Waals surface area contributed by atoms with E-state index in [1.54, 1.807) is 0 Å². The fourth-order valence-electron chi connectivity index (χ4n) is 3.33. The number of aliphatic imine (C=N–C) groups is 1. The molecule has 0 aliphatic heterocycles. The van der Waals surface area contributed by atoms with Crippen molar-refractivity contribution in [1.82, 2.24) is 34.9 Å². The SMILES string of the molecule is CCNC(=NCC(c1cnn(C)c1)N(C)C)N(C)Cc1ncc(-c2ccccc2)[nH]1. The van der Waals surface area contributed by atoms with Crippen LogP contribution in [0.1, 0.15) is 24.4 Å². The minimum atomic E-state index is 0.161. The number of aryl methyl sites for hydroxylation is 1. The topological polar surface area (TPSA) is 77.4 Å². The second-order valence-corrected chi connectivity index (χ2v) is 7.59. The molecule has 2 aromatic heterocycles. The minimum Gasteiger partial charge on any atom is -0.357 e. The molecule has 0 fully saturated rings. The number of aromatic amines is 1. The van der Waals surface area contributed by atoms with Crippen LogP contribution in [0.15, 0.2) is 53.9 Å². The van der Waals surface area contributed by atoms with Gasteiger partial charge in [-0.2, -0.15) is 5.10 Å². The lowest BCUT2D eigenvalue weighted by Crippen LogP contribution is -2.39. The number of imidazole rings is 1. The van der Waals surface area contributed by atoms with Crippen molar-refractivity contribution in [2.75, 3.05) is 34.2 Å². The summed E-state index contributed by atoms with van der Waals surface area (Å²) in [5.41, 5.74) is 3.30. The lowest BCUT2D eigenvalue weighted by Gasteiger charge is -2.24. The number of benzene rings is 1. The van der Waals surface area contributed by atoms with Gasteiger partial charge in [-0.3, -0.25) is 9.67 Å². The van der Waals surface area contributed by atoms with Gasteiger partial charge in [-0.15, -0.1) is 0 Å². The number of likely N-dealkylation sites (N-methyl/N-ethyl adjacent to an activating group) is 1. The van der Waals surface area contributed by atoms with Gasteiger partial charge in [0.2, 0.25) is 0 Å². The van der Waals surface area contributed by atoms with Gasteiger partial charge >= 0.3 is 0 Å². The highest BCUT2D eigenvalue weighted by atomic mass is 15.3. The van der Waals surface area contributed by atoms with Gasteiger partial charge < -0.3 is 20.1 Å². The maximum absolute atomic E-state index is 4.89. The highest BCUT2D eigenvalue weighted by molar-refractivity contribution is 5.79. The third-order valence-corrected chi connectivity index (χ3v) is 4.94. The molecule has 3 aromatic rings. The van der Waals surface area contributed by atoms with Crippen LogP contribution in [-0.2, 0) is 13.6 Å². The van der Waals surface area contributed by atoms with Crippen LogP contribution < -0.4 is 5.32 Å². The molecule has 0 spiro atoms. The molecular weight excluding hydrogens is 376 g/mol. The van der Waals surface area contributed by atoms with E-state index in [0.717, 1.165) is 35.1 Å². The Hall–Kier alpha value is -3.13. The van der Waals surface area contributed by atoms with E-state index in [1.165, 1.54) is 0 Å². The molecular formula is C22H32N8. The van der Waals surface area contributed by atoms with Crippen molar-refractivity contribution in [3.63, 3.8) is 0 Å². The van der Waals surface area contributed by atoms with E-state index >= 15 is 0 Å². The van der Waals surface area contributed by atoms with Gasteiger partial charge in [-0.05, 0) is 26.6 Å². The number of hydrogen-bond donors (Lipinski definition) is 2. The molecule has 0 amide bonds. The Balaban J connectivity index is 1.71. The van der Waals surface area contributed by atoms with Crippen LogP contribution in [0.4, 0.5) is 0 Å². The molecule has 1 aromatic carbocycles. The first-order valence-corrected chi connectivity index (χ1v) is 10.2. The molecule has 2 heterocycles. The van der Waals surface area contributed by atoms with Crippen LogP contribution in [-0.4, -0.2) is 69.7 Å². The van der Waals surface area contributed by atoms with Crippen LogP contribution in [0.3, 0.4) is 0 Å². The van der Waals surface area contributed by atoms with Crippen LogP contribution in [0.5, 0.6) is 0 Å². The summed E-state index contributed by atoms with van der Waals surface area (Å²) >= 11 is 0. The van der Waals surface area contributed by atoms with E-state index in [9.17, 15) is 0 Å². The van der Waals surface area contributed by atoms with E-state index < -0.39 is 0 Å². The highest BCUT2D eigenvalue weighted by Crippen LogP contribution is 2.18. The van der Waals surface area contributed by atoms with E-state index in [0.29, 0.717) is 13.1 Å². The summed E-state index contributed by atoms with van der Waals surface area (Å²) in [5, 5.41) is 7.69. The number of aromatic nitrogens is 4. The molecule has 0 aliphatic rings. The molecule has 0 radical (unpaired) electrons. The Labute approximate surface area is 178 Å². The first-order valence-electron chi connectivity index (χ1n) is 10.2. The highest BCUT2D eigenvalue weighted by Gasteiger charge is 2.17. The van der Waals surface area contributed by atoms with E-state index in [-0.39, 0.29) is 6.04 Å². The average Bonchev–Trinajstić information content (AvgIpc) is 3.37. The smallest absolute Gasteiger partial charge is 0.194 e. The van der Waals surface area contributed by atoms with Gasteiger partial charge in [0.25, 0.3) is 0 Å². The molecule has 2 N–H and O–H groups in total. The predicted molar refractivity (Wildman–Crippen MR) is 121 cm³/mol. The van der Waals surface area contributed by atoms with E-state index in [4.69, 9.17) is 4.99 Å². The molecule has 3 rings (SSSR count). The molecule has 8 heteroatoms. The lowest BCUT2D eigenvalue weighted by atomic mass is 10.1. The van der Waals surface area contributed by atoms with Crippen molar-refractivity contribution < 1.29 is 0 Å². The van der Waals surface area contributed by atoms with Crippen molar-refractivity contribution in [3.8, 4) is 11.3 Å². The minimum absolute atomic E-state index is 0.161. The maximum Gasteiger partial charge on any atom is 0.194 e. The fourth-order valence-corrected chi connectivity index (χ4v) is 3.33. The van der Waals surface area contributed by atoms with Gasteiger partial charge in [0.1, 0.15) is 5.82 Å². The van der Waals surface area contributed by atoms with Gasteiger partial charge in [0, 0.05) is 32.4 Å². The molecule has 0 saturated heterocycles. The van der Waals surface area contributed by atoms with Gasteiger partial charge in [-0.1, -0.05) is 30.3 Å². The molecule has 30 heavy (non-hydrogen) atoms. The second-order valence-electron chi connectivity index (χ2n) is 7.59. The van der Waals surface area contributed by atoms with Crippen molar-refractivity contribution in [3.05, 3.63) is 60.3 Å². The number of rotatable bonds is 8. The van der Waals surface area contributed by atoms with Crippen molar-refractivity contribution in [2.24, 2.45) is 12.0 Å². The summed E-state index contributed by atoms with van der Waals surface area (Å²) in [6.45, 7) is 4.15. The Morgan fingerprint density at radius 3 is 2.60 bits per heavy atom. The zero-order valence-corrected chi connectivity index (χ0v) is 18.5. The Bertz CT molecular complexity index is 941. The lowest BCUT2D eigenvalue weighted by molar-refractivity contribution is 0.305. The molecule has 1 unspecified atom stereocenters. The predicted octanol–water partition coefficient (Wildman–Crippen LogP) is 2.51. The van der Waals surface area contributed by atoms with Crippen LogP contribution in [0, 0.1) is 0 Å². The van der Waals surface area contributed by atoms with Crippen molar-refractivity contribution in [2.45, 2.75) is 19.5 Å². The Kier molecular flexibility index (Phi) is 7.24. The summed E-state index contributed by atoms with van der Waals surface area (Å²) in [5.74, 6) is 1.75. The Morgan fingerprint density at radius 1 is 1.20 bits per heavy atom. The maximum atomic E-state index is 4.89. The molecule has 1 atom stereocenters. The first-order chi connectivity index (χ1) is 14.5. The second kappa shape index (κ2) is 10.1. The van der Waals surface area contributed by atoms with Crippen LogP contribution >= 0.6 is 0 Å². The molecule has 8 nitrogen and oxygen atoms in total. The van der Waals surface area contributed by atoms with Crippen molar-refractivity contribution in [1.29, 1.82) is 0 Å². The number of nitrogens with one attached hydrogen (secondary N) is 2. The summed E-state index contributed by atoms with van der Waals surface area (Å²) in [4.78, 5) is 17.1. The Morgan fingerprint density at radius 2 is 1.97 bits per heavy atom. The van der Waals surface area contributed by atoms with Gasteiger partial charge in [0.05, 0.1) is 37.2 Å². The first kappa shape index (κ1) is 21.6. The zero-order valence-electron chi connectivity index (χ0n) is 18.5. The van der Waals surface area contributed by atoms with E-state index in [2.05, 4.69) is 63.3 Å². The fraction of sp³-hybridized carbons (Fsp3) is 0.409. The summed E-state index contributed by atoms with van der Waals surface area (Å²) < 4.78 is 1.83. The third kappa shape index (κ3) is 5.48. The largest absolute Gasteiger partial charge is 0.357 e. The average molecular weight is 409 g/mol. The number of H-pyrrole nitrogens is 1. The third-order valence-electron chi connectivity index (χ3n) is 4.94. The summed E-state index contributed by atoms with van der Waals surface area (Å²) in [6, 6.07) is 10.4. The number of hydrogen-bond acceptors (Lipinski definition) is 4. The monoisotopic (exact) mass is 408 g/mol. The zero-order chi connectivity index (χ0) is 21.5. The van der Waals surface area contributed by atoms with Gasteiger partial charge in [-0.25, -0.2) is 4.98 Å². The number of guanidine groups is 1. The van der Waals surface area contributed by atoms with Crippen LogP contribution in [0.2, 0.25) is 0 Å². The quantitative estimate of drug-likeness (QED) is 0.442. The standard InChI is InChI=1S/C22H32N8/c1-6-23-22(25-14-20(28(2)3)18-12-26-30(5)15-18)29(4)16-21-24-13-19(27-21)17-10-8-7-9-11-17/h7-13,15,20H,6,14,16H2,1-5H3,(H,23,25)(H,24,27). The molecule has 160 valence electrons. The molecule has 0 aliphatic carbocycles. The van der Waals surface area contributed by atoms with Crippen molar-refractivity contribution >= 4 is 5.96 Å². The molecule has 0 bridgehead atoms. The number of nitrogens with zero attached hydrogens (tertiary/aromatic N) is 6. The molecule has 0 saturated carbocycles. The summed E-state index contributed by atoms with van der Waals surface area (Å²) in [6.07, 6.45) is 5.84. The van der Waals surface area contributed by atoms with E-state index in [1.807, 2.05) is 55.6 Å².